The number of hydrogen-bond acceptors (Lipinski definition) is 2. The Hall–Kier alpha value is -2.12. The van der Waals surface area contributed by atoms with Crippen LogP contribution in [0.2, 0.25) is 5.02 Å². The number of carbonyl (C=O) groups is 1. The molecule has 146 valence electrons. The maximum absolute atomic E-state index is 15.0. The molecule has 28 heavy (non-hydrogen) atoms. The topological polar surface area (TPSA) is 43.1 Å². The van der Waals surface area contributed by atoms with Crippen molar-refractivity contribution in [1.29, 1.82) is 0 Å². The minimum Gasteiger partial charge on any atom is -0.334 e. The van der Waals surface area contributed by atoms with E-state index < -0.39 is 11.9 Å². The molecular formula is C20H19BrClFN4O. The molecule has 0 saturated heterocycles. The third kappa shape index (κ3) is 2.79. The highest BCUT2D eigenvalue weighted by Crippen LogP contribution is 2.45. The van der Waals surface area contributed by atoms with Crippen molar-refractivity contribution in [2.24, 2.45) is 7.05 Å². The van der Waals surface area contributed by atoms with Crippen LogP contribution in [0.5, 0.6) is 0 Å². The Morgan fingerprint density at radius 2 is 1.96 bits per heavy atom. The Morgan fingerprint density at radius 1 is 1.25 bits per heavy atom. The van der Waals surface area contributed by atoms with Crippen molar-refractivity contribution in [2.45, 2.75) is 32.9 Å². The van der Waals surface area contributed by atoms with Crippen LogP contribution >= 0.6 is 27.5 Å². The molecule has 3 heterocycles. The van der Waals surface area contributed by atoms with Crippen molar-refractivity contribution >= 4 is 39.3 Å². The first-order valence-corrected chi connectivity index (χ1v) is 10.1. The number of aryl methyl sites for hydroxylation is 2. The van der Waals surface area contributed by atoms with Gasteiger partial charge in [0.25, 0.3) is 5.91 Å². The smallest absolute Gasteiger partial charge is 0.262 e. The molecule has 0 spiro atoms. The Kier molecular flexibility index (Phi) is 4.62. The van der Waals surface area contributed by atoms with Crippen LogP contribution in [-0.2, 0) is 7.05 Å². The van der Waals surface area contributed by atoms with Gasteiger partial charge in [-0.15, -0.1) is 0 Å². The first-order valence-electron chi connectivity index (χ1n) is 8.90. The first kappa shape index (κ1) is 19.2. The summed E-state index contributed by atoms with van der Waals surface area (Å²) in [5, 5.41) is 4.68. The molecule has 1 aliphatic rings. The van der Waals surface area contributed by atoms with Crippen molar-refractivity contribution in [1.82, 2.24) is 14.3 Å². The molecule has 0 radical (unpaired) electrons. The van der Waals surface area contributed by atoms with Gasteiger partial charge in [0, 0.05) is 29.7 Å². The van der Waals surface area contributed by atoms with Gasteiger partial charge in [-0.2, -0.15) is 5.10 Å². The number of carbonyl (C=O) groups excluding carboxylic acids is 1. The highest BCUT2D eigenvalue weighted by Gasteiger charge is 2.44. The normalized spacial score (nSPS) is 16.4. The van der Waals surface area contributed by atoms with E-state index in [0.717, 1.165) is 16.0 Å². The maximum Gasteiger partial charge on any atom is 0.262 e. The van der Waals surface area contributed by atoms with Gasteiger partial charge in [0.2, 0.25) is 0 Å². The van der Waals surface area contributed by atoms with E-state index in [2.05, 4.69) is 21.0 Å². The van der Waals surface area contributed by atoms with Gasteiger partial charge < -0.3 is 4.57 Å². The lowest BCUT2D eigenvalue weighted by atomic mass is 10.0. The van der Waals surface area contributed by atoms with Crippen LogP contribution < -0.4 is 4.90 Å². The molecule has 0 N–H and O–H groups in total. The van der Waals surface area contributed by atoms with Crippen LogP contribution in [0, 0.1) is 12.7 Å². The second kappa shape index (κ2) is 6.74. The van der Waals surface area contributed by atoms with Gasteiger partial charge in [0.15, 0.2) is 0 Å². The Bertz CT molecular complexity index is 1100. The summed E-state index contributed by atoms with van der Waals surface area (Å²) in [6.45, 7) is 5.92. The Balaban J connectivity index is 2.02. The highest BCUT2D eigenvalue weighted by molar-refractivity contribution is 9.10. The fraction of sp³-hybridized carbons (Fsp3) is 0.300. The summed E-state index contributed by atoms with van der Waals surface area (Å²) in [7, 11) is 1.78. The average molecular weight is 466 g/mol. The molecule has 5 nitrogen and oxygen atoms in total. The SMILES string of the molecule is Cc1cc(N2C(=O)c3cc(Br)n(C(C)C)c3C2c2ccc(Cl)cc2F)n(C)n1. The molecule has 3 aromatic rings. The minimum absolute atomic E-state index is 0.0806. The summed E-state index contributed by atoms with van der Waals surface area (Å²) in [6.07, 6.45) is 0. The van der Waals surface area contributed by atoms with Gasteiger partial charge in [0.05, 0.1) is 21.6 Å². The predicted molar refractivity (Wildman–Crippen MR) is 111 cm³/mol. The van der Waals surface area contributed by atoms with Crippen molar-refractivity contribution in [3.63, 3.8) is 0 Å². The summed E-state index contributed by atoms with van der Waals surface area (Å²) < 4.78 is 19.5. The number of aromatic nitrogens is 3. The van der Waals surface area contributed by atoms with E-state index >= 15 is 0 Å². The van der Waals surface area contributed by atoms with Crippen LogP contribution in [-0.4, -0.2) is 20.3 Å². The average Bonchev–Trinajstić information content (AvgIpc) is 3.19. The largest absolute Gasteiger partial charge is 0.334 e. The van der Waals surface area contributed by atoms with E-state index in [1.165, 1.54) is 6.07 Å². The van der Waals surface area contributed by atoms with Gasteiger partial charge in [-0.1, -0.05) is 17.7 Å². The zero-order valence-electron chi connectivity index (χ0n) is 15.9. The molecule has 8 heteroatoms. The summed E-state index contributed by atoms with van der Waals surface area (Å²) in [5.74, 6) is -0.0170. The van der Waals surface area contributed by atoms with Crippen molar-refractivity contribution in [3.8, 4) is 0 Å². The quantitative estimate of drug-likeness (QED) is 0.519. The molecule has 0 bridgehead atoms. The standard InChI is InChI=1S/C20H19BrClFN4O/c1-10(2)26-16(21)9-14-19(26)18(13-6-5-12(22)8-15(13)23)27(20(14)28)17-7-11(3)24-25(17)4/h5-10,18H,1-4H3. The molecule has 1 aliphatic heterocycles. The molecule has 4 rings (SSSR count). The third-order valence-electron chi connectivity index (χ3n) is 4.99. The van der Waals surface area contributed by atoms with Gasteiger partial charge >= 0.3 is 0 Å². The second-order valence-corrected chi connectivity index (χ2v) is 8.49. The van der Waals surface area contributed by atoms with Gasteiger partial charge in [-0.05, 0) is 54.9 Å². The van der Waals surface area contributed by atoms with Gasteiger partial charge in [-0.25, -0.2) is 4.39 Å². The molecular weight excluding hydrogens is 447 g/mol. The number of rotatable bonds is 3. The fourth-order valence-electron chi connectivity index (χ4n) is 3.92. The van der Waals surface area contributed by atoms with Crippen molar-refractivity contribution in [3.05, 3.63) is 68.3 Å². The number of fused-ring (bicyclic) bond motifs is 1. The molecule has 1 unspecified atom stereocenters. The van der Waals surface area contributed by atoms with E-state index in [-0.39, 0.29) is 11.9 Å². The number of benzene rings is 1. The van der Waals surface area contributed by atoms with E-state index in [1.807, 2.05) is 37.5 Å². The zero-order chi connectivity index (χ0) is 20.3. The van der Waals surface area contributed by atoms with Crippen LogP contribution in [0.15, 0.2) is 34.9 Å². The van der Waals surface area contributed by atoms with Crippen LogP contribution in [0.3, 0.4) is 0 Å². The second-order valence-electron chi connectivity index (χ2n) is 7.24. The summed E-state index contributed by atoms with van der Waals surface area (Å²) in [5.41, 5.74) is 2.48. The zero-order valence-corrected chi connectivity index (χ0v) is 18.2. The minimum atomic E-state index is -0.622. The van der Waals surface area contributed by atoms with Crippen molar-refractivity contribution in [2.75, 3.05) is 4.90 Å². The van der Waals surface area contributed by atoms with Gasteiger partial charge in [0.1, 0.15) is 17.7 Å². The Morgan fingerprint density at radius 3 is 2.54 bits per heavy atom. The molecule has 1 aromatic carbocycles. The molecule has 0 saturated carbocycles. The number of anilines is 1. The van der Waals surface area contributed by atoms with E-state index in [0.29, 0.717) is 22.0 Å². The summed E-state index contributed by atoms with van der Waals surface area (Å²) in [4.78, 5) is 15.0. The fourth-order valence-corrected chi connectivity index (χ4v) is 4.91. The summed E-state index contributed by atoms with van der Waals surface area (Å²) >= 11 is 9.53. The van der Waals surface area contributed by atoms with Gasteiger partial charge in [-0.3, -0.25) is 14.4 Å². The van der Waals surface area contributed by atoms with Crippen LogP contribution in [0.4, 0.5) is 10.2 Å². The van der Waals surface area contributed by atoms with Crippen LogP contribution in [0.1, 0.15) is 53.2 Å². The Labute approximate surface area is 175 Å². The molecule has 1 amide bonds. The number of hydrogen-bond donors (Lipinski definition) is 0. The highest BCUT2D eigenvalue weighted by atomic mass is 79.9. The van der Waals surface area contributed by atoms with E-state index in [1.54, 1.807) is 28.8 Å². The predicted octanol–water partition coefficient (Wildman–Crippen LogP) is 5.42. The number of halogens is 3. The van der Waals surface area contributed by atoms with Crippen molar-refractivity contribution < 1.29 is 9.18 Å². The lowest BCUT2D eigenvalue weighted by Gasteiger charge is -2.28. The number of amides is 1. The molecule has 0 aliphatic carbocycles. The monoisotopic (exact) mass is 464 g/mol. The molecule has 2 aromatic heterocycles. The van der Waals surface area contributed by atoms with Crippen LogP contribution in [0.25, 0.3) is 0 Å². The third-order valence-corrected chi connectivity index (χ3v) is 5.84. The van der Waals surface area contributed by atoms with E-state index in [9.17, 15) is 9.18 Å². The molecule has 0 fully saturated rings. The first-order chi connectivity index (χ1) is 13.2. The number of nitrogens with zero attached hydrogens (tertiary/aromatic N) is 4. The molecule has 1 atom stereocenters. The lowest BCUT2D eigenvalue weighted by molar-refractivity contribution is 0.0991. The van der Waals surface area contributed by atoms with E-state index in [4.69, 9.17) is 11.6 Å². The maximum atomic E-state index is 15.0. The lowest BCUT2D eigenvalue weighted by Crippen LogP contribution is -2.32. The summed E-state index contributed by atoms with van der Waals surface area (Å²) in [6, 6.07) is 7.67.